The molecule has 3 aromatic heterocycles. The first-order chi connectivity index (χ1) is 11.8. The molecule has 0 aliphatic carbocycles. The molecule has 0 saturated carbocycles. The molecule has 0 unspecified atom stereocenters. The Kier molecular flexibility index (Phi) is 3.97. The number of rotatable bonds is 4. The fourth-order valence-corrected chi connectivity index (χ4v) is 3.83. The predicted octanol–water partition coefficient (Wildman–Crippen LogP) is 2.90. The third kappa shape index (κ3) is 2.76. The highest BCUT2D eigenvalue weighted by atomic mass is 32.1. The molecule has 1 atom stereocenters. The summed E-state index contributed by atoms with van der Waals surface area (Å²) in [5, 5.41) is 15.6. The quantitative estimate of drug-likeness (QED) is 0.789. The van der Waals surface area contributed by atoms with Crippen molar-refractivity contribution in [3.8, 4) is 6.07 Å². The first kappa shape index (κ1) is 14.8. The molecule has 0 aromatic carbocycles. The molecular weight excluding hydrogens is 320 g/mol. The van der Waals surface area contributed by atoms with Crippen molar-refractivity contribution < 1.29 is 0 Å². The zero-order chi connectivity index (χ0) is 16.4. The van der Waals surface area contributed by atoms with Gasteiger partial charge in [0.1, 0.15) is 28.9 Å². The van der Waals surface area contributed by atoms with Gasteiger partial charge < -0.3 is 10.2 Å². The molecule has 1 N–H and O–H groups in total. The number of thiophene rings is 1. The molecule has 24 heavy (non-hydrogen) atoms. The number of nitrogens with zero attached hydrogens (tertiary/aromatic N) is 5. The lowest BCUT2D eigenvalue weighted by molar-refractivity contribution is 0.621. The van der Waals surface area contributed by atoms with Gasteiger partial charge in [0.2, 0.25) is 0 Å². The van der Waals surface area contributed by atoms with Gasteiger partial charge in [0, 0.05) is 25.8 Å². The summed E-state index contributed by atoms with van der Waals surface area (Å²) >= 11 is 1.64. The monoisotopic (exact) mass is 336 g/mol. The van der Waals surface area contributed by atoms with Crippen LogP contribution >= 0.6 is 11.3 Å². The van der Waals surface area contributed by atoms with Crippen LogP contribution in [0.3, 0.4) is 0 Å². The van der Waals surface area contributed by atoms with Crippen molar-refractivity contribution in [2.45, 2.75) is 6.42 Å². The smallest absolute Gasteiger partial charge is 0.143 e. The number of pyridine rings is 1. The Morgan fingerprint density at radius 1 is 1.33 bits per heavy atom. The van der Waals surface area contributed by atoms with Crippen LogP contribution < -0.4 is 10.2 Å². The zero-order valence-corrected chi connectivity index (χ0v) is 13.8. The van der Waals surface area contributed by atoms with Crippen LogP contribution in [0.2, 0.25) is 0 Å². The number of anilines is 2. The van der Waals surface area contributed by atoms with Crippen LogP contribution in [0, 0.1) is 17.2 Å². The fraction of sp³-hybridized carbons (Fsp3) is 0.294. The van der Waals surface area contributed by atoms with Crippen molar-refractivity contribution in [3.05, 3.63) is 41.7 Å². The van der Waals surface area contributed by atoms with Gasteiger partial charge in [-0.05, 0) is 35.9 Å². The van der Waals surface area contributed by atoms with Gasteiger partial charge in [-0.1, -0.05) is 0 Å². The SMILES string of the molecule is N#Cc1cccnc1NC[C@@H]1CCN(c2ncnc3sccc23)C1. The van der Waals surface area contributed by atoms with E-state index in [1.165, 1.54) is 0 Å². The van der Waals surface area contributed by atoms with Crippen molar-refractivity contribution in [2.75, 3.05) is 29.9 Å². The van der Waals surface area contributed by atoms with Gasteiger partial charge in [-0.25, -0.2) is 15.0 Å². The summed E-state index contributed by atoms with van der Waals surface area (Å²) in [6.45, 7) is 2.74. The molecule has 4 heterocycles. The van der Waals surface area contributed by atoms with E-state index in [9.17, 15) is 0 Å². The topological polar surface area (TPSA) is 77.7 Å². The Labute approximate surface area is 143 Å². The maximum absolute atomic E-state index is 9.13. The molecule has 0 radical (unpaired) electrons. The summed E-state index contributed by atoms with van der Waals surface area (Å²) in [5.74, 6) is 2.20. The van der Waals surface area contributed by atoms with Crippen molar-refractivity contribution in [3.63, 3.8) is 0 Å². The number of fused-ring (bicyclic) bond motifs is 1. The second kappa shape index (κ2) is 6.42. The summed E-state index contributed by atoms with van der Waals surface area (Å²) in [6.07, 6.45) is 4.45. The molecule has 1 saturated heterocycles. The molecule has 1 fully saturated rings. The highest BCUT2D eigenvalue weighted by Gasteiger charge is 2.25. The number of aromatic nitrogens is 3. The average Bonchev–Trinajstić information content (AvgIpc) is 3.29. The minimum absolute atomic E-state index is 0.502. The molecule has 1 aliphatic rings. The normalized spacial score (nSPS) is 17.1. The molecular formula is C17H16N6S. The highest BCUT2D eigenvalue weighted by molar-refractivity contribution is 7.16. The minimum Gasteiger partial charge on any atom is -0.369 e. The van der Waals surface area contributed by atoms with Crippen LogP contribution in [0.15, 0.2) is 36.1 Å². The van der Waals surface area contributed by atoms with Crippen molar-refractivity contribution in [1.82, 2.24) is 15.0 Å². The van der Waals surface area contributed by atoms with Crippen LogP contribution in [-0.4, -0.2) is 34.6 Å². The molecule has 1 aliphatic heterocycles. The highest BCUT2D eigenvalue weighted by Crippen LogP contribution is 2.30. The molecule has 0 spiro atoms. The maximum Gasteiger partial charge on any atom is 0.143 e. The first-order valence-corrected chi connectivity index (χ1v) is 8.75. The third-order valence-corrected chi connectivity index (χ3v) is 5.13. The van der Waals surface area contributed by atoms with Gasteiger partial charge in [0.15, 0.2) is 0 Å². The Hall–Kier alpha value is -2.72. The van der Waals surface area contributed by atoms with Gasteiger partial charge in [0.05, 0.1) is 10.9 Å². The van der Waals surface area contributed by atoms with E-state index in [0.717, 1.165) is 42.1 Å². The third-order valence-electron chi connectivity index (χ3n) is 4.31. The van der Waals surface area contributed by atoms with E-state index in [-0.39, 0.29) is 0 Å². The predicted molar refractivity (Wildman–Crippen MR) is 95.2 cm³/mol. The van der Waals surface area contributed by atoms with Crippen LogP contribution in [0.4, 0.5) is 11.6 Å². The lowest BCUT2D eigenvalue weighted by Gasteiger charge is -2.18. The summed E-state index contributed by atoms with van der Waals surface area (Å²) < 4.78 is 0. The van der Waals surface area contributed by atoms with Gasteiger partial charge >= 0.3 is 0 Å². The van der Waals surface area contributed by atoms with E-state index in [2.05, 4.69) is 42.7 Å². The second-order valence-corrected chi connectivity index (χ2v) is 6.72. The Balaban J connectivity index is 1.44. The van der Waals surface area contributed by atoms with Crippen molar-refractivity contribution in [2.24, 2.45) is 5.92 Å². The van der Waals surface area contributed by atoms with Crippen LogP contribution in [0.1, 0.15) is 12.0 Å². The molecule has 0 amide bonds. The van der Waals surface area contributed by atoms with Crippen LogP contribution in [-0.2, 0) is 0 Å². The second-order valence-electron chi connectivity index (χ2n) is 5.83. The number of nitrogens with one attached hydrogen (secondary N) is 1. The van der Waals surface area contributed by atoms with Gasteiger partial charge in [-0.15, -0.1) is 11.3 Å². The van der Waals surface area contributed by atoms with Crippen LogP contribution in [0.25, 0.3) is 10.2 Å². The van der Waals surface area contributed by atoms with E-state index in [4.69, 9.17) is 5.26 Å². The number of hydrogen-bond donors (Lipinski definition) is 1. The lowest BCUT2D eigenvalue weighted by Crippen LogP contribution is -2.23. The minimum atomic E-state index is 0.502. The Morgan fingerprint density at radius 2 is 2.29 bits per heavy atom. The molecule has 0 bridgehead atoms. The van der Waals surface area contributed by atoms with E-state index < -0.39 is 0 Å². The van der Waals surface area contributed by atoms with Gasteiger partial charge in [0.25, 0.3) is 0 Å². The average molecular weight is 336 g/mol. The first-order valence-electron chi connectivity index (χ1n) is 7.87. The van der Waals surface area contributed by atoms with Crippen molar-refractivity contribution >= 4 is 33.2 Å². The molecule has 6 nitrogen and oxygen atoms in total. The molecule has 3 aromatic rings. The van der Waals surface area contributed by atoms with E-state index >= 15 is 0 Å². The largest absolute Gasteiger partial charge is 0.369 e. The number of nitriles is 1. The summed E-state index contributed by atoms with van der Waals surface area (Å²) in [6, 6.07) is 7.83. The summed E-state index contributed by atoms with van der Waals surface area (Å²) in [4.78, 5) is 16.4. The maximum atomic E-state index is 9.13. The number of hydrogen-bond acceptors (Lipinski definition) is 7. The van der Waals surface area contributed by atoms with Gasteiger partial charge in [-0.2, -0.15) is 5.26 Å². The van der Waals surface area contributed by atoms with E-state index in [0.29, 0.717) is 17.3 Å². The summed E-state index contributed by atoms with van der Waals surface area (Å²) in [5.41, 5.74) is 0.586. The Bertz CT molecular complexity index is 899. The standard InChI is InChI=1S/C17H16N6S/c18-8-13-2-1-5-19-15(13)20-9-12-3-6-23(10-12)16-14-4-7-24-17(14)22-11-21-16/h1-2,4-5,7,11-12H,3,6,9-10H2,(H,19,20)/t12-/m0/s1. The van der Waals surface area contributed by atoms with Crippen LogP contribution in [0.5, 0.6) is 0 Å². The van der Waals surface area contributed by atoms with E-state index in [1.807, 2.05) is 0 Å². The molecule has 7 heteroatoms. The molecule has 4 rings (SSSR count). The van der Waals surface area contributed by atoms with E-state index in [1.54, 1.807) is 36.0 Å². The fourth-order valence-electron chi connectivity index (χ4n) is 3.10. The zero-order valence-electron chi connectivity index (χ0n) is 13.0. The Morgan fingerprint density at radius 3 is 3.21 bits per heavy atom. The van der Waals surface area contributed by atoms with Gasteiger partial charge in [-0.3, -0.25) is 0 Å². The van der Waals surface area contributed by atoms with Crippen molar-refractivity contribution in [1.29, 1.82) is 5.26 Å². The molecule has 120 valence electrons. The summed E-state index contributed by atoms with van der Waals surface area (Å²) in [7, 11) is 0. The lowest BCUT2D eigenvalue weighted by atomic mass is 10.1.